The quantitative estimate of drug-likeness (QED) is 0.705. The number of thiophene rings is 1. The highest BCUT2D eigenvalue weighted by molar-refractivity contribution is 7.12. The van der Waals surface area contributed by atoms with Gasteiger partial charge < -0.3 is 14.5 Å². The Morgan fingerprint density at radius 2 is 1.87 bits per heavy atom. The molecule has 0 saturated carbocycles. The first kappa shape index (κ1) is 20.9. The molecule has 0 radical (unpaired) electrons. The van der Waals surface area contributed by atoms with Crippen molar-refractivity contribution in [2.75, 3.05) is 26.2 Å². The number of fused-ring (bicyclic) bond motifs is 1. The number of benzene rings is 1. The number of piperidine rings is 1. The SMILES string of the molecule is CCN(CC)C(=O)C[C@H]1CC2(CCN(C(=O)c3cccs3)CC2)Oc2ccccc21. The highest BCUT2D eigenvalue weighted by Crippen LogP contribution is 2.46. The fourth-order valence-corrected chi connectivity index (χ4v) is 5.51. The first-order valence-corrected chi connectivity index (χ1v) is 11.8. The van der Waals surface area contributed by atoms with E-state index in [-0.39, 0.29) is 23.3 Å². The van der Waals surface area contributed by atoms with E-state index in [1.165, 1.54) is 11.3 Å². The van der Waals surface area contributed by atoms with Crippen molar-refractivity contribution in [2.45, 2.75) is 51.0 Å². The predicted molar refractivity (Wildman–Crippen MR) is 119 cm³/mol. The Morgan fingerprint density at radius 3 is 2.53 bits per heavy atom. The zero-order valence-corrected chi connectivity index (χ0v) is 18.6. The van der Waals surface area contributed by atoms with E-state index in [9.17, 15) is 9.59 Å². The monoisotopic (exact) mass is 426 g/mol. The normalized spacial score (nSPS) is 19.8. The lowest BCUT2D eigenvalue weighted by molar-refractivity contribution is -0.131. The van der Waals surface area contributed by atoms with Gasteiger partial charge in [-0.15, -0.1) is 11.3 Å². The molecule has 2 amide bonds. The molecular weight excluding hydrogens is 396 g/mol. The van der Waals surface area contributed by atoms with Crippen molar-refractivity contribution in [1.82, 2.24) is 9.80 Å². The van der Waals surface area contributed by atoms with Gasteiger partial charge in [-0.3, -0.25) is 9.59 Å². The highest BCUT2D eigenvalue weighted by Gasteiger charge is 2.44. The minimum absolute atomic E-state index is 0.115. The molecule has 30 heavy (non-hydrogen) atoms. The highest BCUT2D eigenvalue weighted by atomic mass is 32.1. The number of carbonyl (C=O) groups excluding carboxylic acids is 2. The van der Waals surface area contributed by atoms with Crippen LogP contribution in [0, 0.1) is 0 Å². The number of ether oxygens (including phenoxy) is 1. The van der Waals surface area contributed by atoms with Crippen LogP contribution >= 0.6 is 11.3 Å². The Balaban J connectivity index is 1.50. The summed E-state index contributed by atoms with van der Waals surface area (Å²) < 4.78 is 6.54. The van der Waals surface area contributed by atoms with Crippen molar-refractivity contribution in [3.63, 3.8) is 0 Å². The lowest BCUT2D eigenvalue weighted by Crippen LogP contribution is -2.52. The van der Waals surface area contributed by atoms with Gasteiger partial charge in [-0.25, -0.2) is 0 Å². The zero-order valence-electron chi connectivity index (χ0n) is 17.8. The second-order valence-corrected chi connectivity index (χ2v) is 9.21. The van der Waals surface area contributed by atoms with Gasteiger partial charge in [0.2, 0.25) is 5.91 Å². The van der Waals surface area contributed by atoms with Crippen LogP contribution in [0.25, 0.3) is 0 Å². The molecular formula is C24H30N2O3S. The molecule has 4 rings (SSSR count). The van der Waals surface area contributed by atoms with E-state index in [4.69, 9.17) is 4.74 Å². The number of carbonyl (C=O) groups is 2. The Kier molecular flexibility index (Phi) is 6.14. The van der Waals surface area contributed by atoms with E-state index in [0.717, 1.165) is 48.5 Å². The summed E-state index contributed by atoms with van der Waals surface area (Å²) in [7, 11) is 0. The maximum Gasteiger partial charge on any atom is 0.263 e. The Morgan fingerprint density at radius 1 is 1.13 bits per heavy atom. The Hall–Kier alpha value is -2.34. The van der Waals surface area contributed by atoms with Crippen molar-refractivity contribution in [3.8, 4) is 5.75 Å². The van der Waals surface area contributed by atoms with Gasteiger partial charge in [0, 0.05) is 51.4 Å². The molecule has 0 bridgehead atoms. The first-order valence-electron chi connectivity index (χ1n) is 10.9. The van der Waals surface area contributed by atoms with E-state index in [1.807, 2.05) is 59.4 Å². The van der Waals surface area contributed by atoms with E-state index in [0.29, 0.717) is 19.5 Å². The van der Waals surface area contributed by atoms with Crippen molar-refractivity contribution in [3.05, 3.63) is 52.2 Å². The van der Waals surface area contributed by atoms with Crippen LogP contribution in [0.5, 0.6) is 5.75 Å². The Bertz CT molecular complexity index is 884. The van der Waals surface area contributed by atoms with Gasteiger partial charge in [0.15, 0.2) is 0 Å². The molecule has 6 heteroatoms. The van der Waals surface area contributed by atoms with Crippen LogP contribution in [-0.4, -0.2) is 53.4 Å². The van der Waals surface area contributed by atoms with Gasteiger partial charge >= 0.3 is 0 Å². The number of hydrogen-bond donors (Lipinski definition) is 0. The zero-order chi connectivity index (χ0) is 21.1. The third-order valence-corrected chi connectivity index (χ3v) is 7.39. The van der Waals surface area contributed by atoms with Crippen LogP contribution < -0.4 is 4.74 Å². The van der Waals surface area contributed by atoms with E-state index >= 15 is 0 Å². The molecule has 1 fully saturated rings. The van der Waals surface area contributed by atoms with Crippen molar-refractivity contribution >= 4 is 23.2 Å². The predicted octanol–water partition coefficient (Wildman–Crippen LogP) is 4.55. The van der Waals surface area contributed by atoms with Crippen LogP contribution in [0.1, 0.15) is 60.7 Å². The molecule has 3 heterocycles. The molecule has 0 unspecified atom stereocenters. The molecule has 2 aromatic rings. The Labute approximate surface area is 182 Å². The van der Waals surface area contributed by atoms with Gasteiger partial charge in [0.05, 0.1) is 4.88 Å². The summed E-state index contributed by atoms with van der Waals surface area (Å²) in [6.07, 6.45) is 2.95. The number of likely N-dealkylation sites (tertiary alicyclic amines) is 1. The van der Waals surface area contributed by atoms with Gasteiger partial charge in [0.1, 0.15) is 11.4 Å². The topological polar surface area (TPSA) is 49.9 Å². The second-order valence-electron chi connectivity index (χ2n) is 8.26. The van der Waals surface area contributed by atoms with Gasteiger partial charge in [-0.2, -0.15) is 0 Å². The molecule has 1 aromatic heterocycles. The maximum absolute atomic E-state index is 12.9. The number of amides is 2. The summed E-state index contributed by atoms with van der Waals surface area (Å²) in [6, 6.07) is 11.9. The van der Waals surface area contributed by atoms with Crippen LogP contribution in [0.4, 0.5) is 0 Å². The standard InChI is InChI=1S/C24H30N2O3S/c1-3-25(4-2)22(27)16-18-17-24(29-20-9-6-5-8-19(18)20)11-13-26(14-12-24)23(28)21-10-7-15-30-21/h5-10,15,18H,3-4,11-14,16-17H2,1-2H3/t18-/m0/s1. The minimum Gasteiger partial charge on any atom is -0.487 e. The summed E-state index contributed by atoms with van der Waals surface area (Å²) in [5.41, 5.74) is 0.843. The first-order chi connectivity index (χ1) is 14.5. The molecule has 160 valence electrons. The molecule has 1 aromatic carbocycles. The molecule has 1 atom stereocenters. The minimum atomic E-state index is -0.297. The summed E-state index contributed by atoms with van der Waals surface area (Å²) >= 11 is 1.49. The van der Waals surface area contributed by atoms with Crippen molar-refractivity contribution < 1.29 is 14.3 Å². The third-order valence-electron chi connectivity index (χ3n) is 6.53. The fourth-order valence-electron chi connectivity index (χ4n) is 4.82. The van der Waals surface area contributed by atoms with Gasteiger partial charge in [0.25, 0.3) is 5.91 Å². The molecule has 1 saturated heterocycles. The lowest BCUT2D eigenvalue weighted by Gasteiger charge is -2.47. The number of para-hydroxylation sites is 1. The number of nitrogens with zero attached hydrogens (tertiary/aromatic N) is 2. The van der Waals surface area contributed by atoms with Gasteiger partial charge in [-0.05, 0) is 43.3 Å². The van der Waals surface area contributed by atoms with Crippen LogP contribution in [0.15, 0.2) is 41.8 Å². The average Bonchev–Trinajstić information content (AvgIpc) is 3.30. The third kappa shape index (κ3) is 4.10. The van der Waals surface area contributed by atoms with Crippen molar-refractivity contribution in [1.29, 1.82) is 0 Å². The smallest absolute Gasteiger partial charge is 0.263 e. The fraction of sp³-hybridized carbons (Fsp3) is 0.500. The molecule has 2 aliphatic rings. The summed E-state index contributed by atoms with van der Waals surface area (Å²) in [5.74, 6) is 1.38. The number of rotatable bonds is 5. The molecule has 0 aliphatic carbocycles. The second kappa shape index (κ2) is 8.80. The molecule has 2 aliphatic heterocycles. The van der Waals surface area contributed by atoms with E-state index in [2.05, 4.69) is 6.07 Å². The maximum atomic E-state index is 12.9. The average molecular weight is 427 g/mol. The van der Waals surface area contributed by atoms with E-state index < -0.39 is 0 Å². The summed E-state index contributed by atoms with van der Waals surface area (Å²) in [5, 5.41) is 1.94. The molecule has 1 spiro atoms. The van der Waals surface area contributed by atoms with Crippen molar-refractivity contribution in [2.24, 2.45) is 0 Å². The van der Waals surface area contributed by atoms with Crippen LogP contribution in [-0.2, 0) is 4.79 Å². The largest absolute Gasteiger partial charge is 0.487 e. The van der Waals surface area contributed by atoms with E-state index in [1.54, 1.807) is 0 Å². The molecule has 0 N–H and O–H groups in total. The van der Waals surface area contributed by atoms with Crippen LogP contribution in [0.2, 0.25) is 0 Å². The number of hydrogen-bond acceptors (Lipinski definition) is 4. The summed E-state index contributed by atoms with van der Waals surface area (Å²) in [6.45, 7) is 6.92. The van der Waals surface area contributed by atoms with Gasteiger partial charge in [-0.1, -0.05) is 24.3 Å². The summed E-state index contributed by atoms with van der Waals surface area (Å²) in [4.78, 5) is 30.2. The lowest BCUT2D eigenvalue weighted by atomic mass is 9.76. The molecule has 5 nitrogen and oxygen atoms in total. The van der Waals surface area contributed by atoms with Crippen LogP contribution in [0.3, 0.4) is 0 Å².